The monoisotopic (exact) mass is 468 g/mol. The molecule has 2 amide bonds. The van der Waals surface area contributed by atoms with E-state index < -0.39 is 0 Å². The van der Waals surface area contributed by atoms with Gasteiger partial charge in [-0.15, -0.1) is 5.10 Å². The molecule has 3 aliphatic heterocycles. The quantitative estimate of drug-likeness (QED) is 0.543. The Hall–Kier alpha value is -3.38. The largest absolute Gasteiger partial charge is 0.456 e. The van der Waals surface area contributed by atoms with E-state index in [0.717, 1.165) is 38.0 Å². The van der Waals surface area contributed by atoms with Crippen molar-refractivity contribution >= 4 is 12.0 Å². The Morgan fingerprint density at radius 1 is 1.18 bits per heavy atom. The van der Waals surface area contributed by atoms with Crippen LogP contribution in [0.5, 0.6) is 0 Å². The van der Waals surface area contributed by atoms with Crippen molar-refractivity contribution in [1.29, 1.82) is 0 Å². The zero-order chi connectivity index (χ0) is 23.7. The molecule has 0 aromatic carbocycles. The van der Waals surface area contributed by atoms with Crippen LogP contribution in [0.3, 0.4) is 0 Å². The van der Waals surface area contributed by atoms with Gasteiger partial charge in [-0.05, 0) is 36.3 Å². The Kier molecular flexibility index (Phi) is 6.24. The van der Waals surface area contributed by atoms with Crippen molar-refractivity contribution in [3.8, 4) is 5.82 Å². The number of rotatable bonds is 7. The van der Waals surface area contributed by atoms with Gasteiger partial charge in [-0.25, -0.2) is 14.6 Å². The second kappa shape index (κ2) is 9.47. The minimum absolute atomic E-state index is 0.0189. The highest BCUT2D eigenvalue weighted by Crippen LogP contribution is 2.28. The zero-order valence-electron chi connectivity index (χ0n) is 19.3. The number of tetrazole rings is 1. The topological polar surface area (TPSA) is 119 Å². The third kappa shape index (κ3) is 4.26. The lowest BCUT2D eigenvalue weighted by Crippen LogP contribution is -2.47. The SMILES string of the molecule is CO[C@@H](CN1CCC(N2CCN(C3=C(C)C(=O)OC3)C2=O)CC1)c1ccc(-n2cnnn2)nc1. The van der Waals surface area contributed by atoms with Crippen molar-refractivity contribution < 1.29 is 19.1 Å². The first-order valence-electron chi connectivity index (χ1n) is 11.4. The van der Waals surface area contributed by atoms with Gasteiger partial charge in [0, 0.05) is 57.6 Å². The van der Waals surface area contributed by atoms with Gasteiger partial charge in [0.05, 0.1) is 17.4 Å². The Balaban J connectivity index is 1.15. The maximum atomic E-state index is 13.0. The summed E-state index contributed by atoms with van der Waals surface area (Å²) >= 11 is 0. The summed E-state index contributed by atoms with van der Waals surface area (Å²) in [5.41, 5.74) is 2.23. The summed E-state index contributed by atoms with van der Waals surface area (Å²) in [6.45, 7) is 5.70. The van der Waals surface area contributed by atoms with Crippen LogP contribution in [-0.4, -0.2) is 104 Å². The number of amides is 2. The molecule has 12 nitrogen and oxygen atoms in total. The molecular weight excluding hydrogens is 440 g/mol. The number of piperidine rings is 1. The van der Waals surface area contributed by atoms with Crippen LogP contribution in [0.2, 0.25) is 0 Å². The van der Waals surface area contributed by atoms with Gasteiger partial charge in [0.2, 0.25) is 0 Å². The molecule has 1 atom stereocenters. The van der Waals surface area contributed by atoms with Crippen LogP contribution >= 0.6 is 0 Å². The molecule has 0 N–H and O–H groups in total. The van der Waals surface area contributed by atoms with Crippen LogP contribution < -0.4 is 0 Å². The highest BCUT2D eigenvalue weighted by atomic mass is 16.5. The van der Waals surface area contributed by atoms with Crippen LogP contribution in [0.1, 0.15) is 31.4 Å². The van der Waals surface area contributed by atoms with Crippen LogP contribution in [-0.2, 0) is 14.3 Å². The fraction of sp³-hybridized carbons (Fsp3) is 0.545. The molecule has 5 rings (SSSR count). The molecule has 12 heteroatoms. The molecule has 2 aromatic heterocycles. The summed E-state index contributed by atoms with van der Waals surface area (Å²) in [4.78, 5) is 35.2. The van der Waals surface area contributed by atoms with Crippen LogP contribution in [0.25, 0.3) is 5.82 Å². The summed E-state index contributed by atoms with van der Waals surface area (Å²) < 4.78 is 12.3. The lowest BCUT2D eigenvalue weighted by Gasteiger charge is -2.37. The molecule has 34 heavy (non-hydrogen) atoms. The summed E-state index contributed by atoms with van der Waals surface area (Å²) in [7, 11) is 1.71. The average molecular weight is 469 g/mol. The maximum Gasteiger partial charge on any atom is 0.336 e. The van der Waals surface area contributed by atoms with E-state index in [1.165, 1.54) is 11.0 Å². The number of aromatic nitrogens is 5. The maximum absolute atomic E-state index is 13.0. The predicted octanol–water partition coefficient (Wildman–Crippen LogP) is 0.778. The Morgan fingerprint density at radius 3 is 2.62 bits per heavy atom. The minimum Gasteiger partial charge on any atom is -0.456 e. The first kappa shape index (κ1) is 22.4. The number of carbonyl (C=O) groups is 2. The smallest absolute Gasteiger partial charge is 0.336 e. The highest BCUT2D eigenvalue weighted by Gasteiger charge is 2.39. The van der Waals surface area contributed by atoms with E-state index in [0.29, 0.717) is 30.2 Å². The molecule has 180 valence electrons. The molecule has 0 spiro atoms. The van der Waals surface area contributed by atoms with Gasteiger partial charge in [-0.2, -0.15) is 4.68 Å². The van der Waals surface area contributed by atoms with Gasteiger partial charge in [-0.1, -0.05) is 6.07 Å². The van der Waals surface area contributed by atoms with Gasteiger partial charge < -0.3 is 19.3 Å². The Bertz CT molecular complexity index is 1060. The van der Waals surface area contributed by atoms with Gasteiger partial charge >= 0.3 is 12.0 Å². The number of urea groups is 1. The number of hydrogen-bond acceptors (Lipinski definition) is 9. The number of nitrogens with zero attached hydrogens (tertiary/aromatic N) is 8. The summed E-state index contributed by atoms with van der Waals surface area (Å²) in [6.07, 6.45) is 5.00. The van der Waals surface area contributed by atoms with Crippen LogP contribution in [0.4, 0.5) is 4.79 Å². The van der Waals surface area contributed by atoms with Gasteiger partial charge in [0.25, 0.3) is 0 Å². The Morgan fingerprint density at radius 2 is 2.00 bits per heavy atom. The molecule has 2 aromatic rings. The predicted molar refractivity (Wildman–Crippen MR) is 119 cm³/mol. The number of pyridine rings is 1. The average Bonchev–Trinajstić information content (AvgIpc) is 3.60. The fourth-order valence-corrected chi connectivity index (χ4v) is 4.85. The fourth-order valence-electron chi connectivity index (χ4n) is 4.85. The normalized spacial score (nSPS) is 21.0. The van der Waals surface area contributed by atoms with Gasteiger partial charge in [0.1, 0.15) is 12.9 Å². The first-order chi connectivity index (χ1) is 16.5. The molecule has 3 aliphatic rings. The molecule has 2 saturated heterocycles. The molecule has 0 aliphatic carbocycles. The van der Waals surface area contributed by atoms with E-state index in [1.54, 1.807) is 25.1 Å². The number of esters is 1. The number of likely N-dealkylation sites (tertiary alicyclic amines) is 1. The molecule has 2 fully saturated rings. The van der Waals surface area contributed by atoms with Crippen molar-refractivity contribution in [3.05, 3.63) is 41.5 Å². The molecule has 5 heterocycles. The second-order valence-corrected chi connectivity index (χ2v) is 8.74. The van der Waals surface area contributed by atoms with Gasteiger partial charge in [-0.3, -0.25) is 4.90 Å². The molecule has 0 radical (unpaired) electrons. The van der Waals surface area contributed by atoms with E-state index >= 15 is 0 Å². The van der Waals surface area contributed by atoms with Crippen molar-refractivity contribution in [3.63, 3.8) is 0 Å². The first-order valence-corrected chi connectivity index (χ1v) is 11.4. The highest BCUT2D eigenvalue weighted by molar-refractivity contribution is 5.92. The van der Waals surface area contributed by atoms with E-state index in [2.05, 4.69) is 25.4 Å². The van der Waals surface area contributed by atoms with Crippen molar-refractivity contribution in [2.45, 2.75) is 31.9 Å². The van der Waals surface area contributed by atoms with E-state index in [9.17, 15) is 9.59 Å². The zero-order valence-corrected chi connectivity index (χ0v) is 19.3. The lowest BCUT2D eigenvalue weighted by atomic mass is 10.0. The second-order valence-electron chi connectivity index (χ2n) is 8.74. The molecule has 0 saturated carbocycles. The summed E-state index contributed by atoms with van der Waals surface area (Å²) in [5, 5.41) is 11.1. The molecular formula is C22H28N8O4. The van der Waals surface area contributed by atoms with Crippen molar-refractivity contribution in [2.24, 2.45) is 0 Å². The van der Waals surface area contributed by atoms with Crippen LogP contribution in [0, 0.1) is 0 Å². The van der Waals surface area contributed by atoms with Crippen molar-refractivity contribution in [1.82, 2.24) is 39.9 Å². The molecule has 0 unspecified atom stereocenters. The van der Waals surface area contributed by atoms with Gasteiger partial charge in [0.15, 0.2) is 5.82 Å². The van der Waals surface area contributed by atoms with E-state index in [1.807, 2.05) is 17.0 Å². The number of methoxy groups -OCH3 is 1. The summed E-state index contributed by atoms with van der Waals surface area (Å²) in [6, 6.07) is 4.03. The third-order valence-electron chi connectivity index (χ3n) is 6.88. The van der Waals surface area contributed by atoms with Crippen molar-refractivity contribution in [2.75, 3.05) is 46.4 Å². The van der Waals surface area contributed by atoms with E-state index in [4.69, 9.17) is 9.47 Å². The number of carbonyl (C=O) groups excluding carboxylic acids is 2. The van der Waals surface area contributed by atoms with Crippen LogP contribution in [0.15, 0.2) is 35.9 Å². The number of cyclic esters (lactones) is 1. The Labute approximate surface area is 197 Å². The standard InChI is InChI=1S/C22H28N8O4/c1-15-18(13-34-21(15)31)29-10-9-28(22(29)32)17-5-7-27(8-6-17)12-19(33-2)16-3-4-20(23-11-16)30-14-24-25-26-30/h3-4,11,14,17,19H,5-10,12-13H2,1-2H3/t19-/m0/s1. The minimum atomic E-state index is -0.331. The number of hydrogen-bond donors (Lipinski definition) is 0. The third-order valence-corrected chi connectivity index (χ3v) is 6.88. The van der Waals surface area contributed by atoms with E-state index in [-0.39, 0.29) is 30.8 Å². The number of ether oxygens (including phenoxy) is 2. The molecule has 0 bridgehead atoms. The lowest BCUT2D eigenvalue weighted by molar-refractivity contribution is -0.136. The summed E-state index contributed by atoms with van der Waals surface area (Å²) in [5.74, 6) is 0.315.